The van der Waals surface area contributed by atoms with Gasteiger partial charge in [-0.3, -0.25) is 25.2 Å². The normalized spacial score (nSPS) is 20.7. The molecule has 1 atom stereocenters. The predicted octanol–water partition coefficient (Wildman–Crippen LogP) is -0.483. The lowest BCUT2D eigenvalue weighted by Gasteiger charge is -2.27. The quantitative estimate of drug-likeness (QED) is 0.611. The summed E-state index contributed by atoms with van der Waals surface area (Å²) in [7, 11) is -3.21. The molecule has 1 saturated heterocycles. The number of hydrogen-bond donors (Lipinski definition) is 2. The summed E-state index contributed by atoms with van der Waals surface area (Å²) in [5.41, 5.74) is 4.33. The number of sulfone groups is 1. The van der Waals surface area contributed by atoms with Crippen LogP contribution in [0.5, 0.6) is 5.75 Å². The molecule has 0 bridgehead atoms. The zero-order valence-corrected chi connectivity index (χ0v) is 16.1. The molecule has 3 amide bonds. The average Bonchev–Trinajstić information content (AvgIpc) is 3.05. The van der Waals surface area contributed by atoms with E-state index in [9.17, 15) is 27.2 Å². The van der Waals surface area contributed by atoms with E-state index in [1.54, 1.807) is 0 Å². The highest BCUT2D eigenvalue weighted by atomic mass is 32.2. The van der Waals surface area contributed by atoms with Gasteiger partial charge in [-0.15, -0.1) is 0 Å². The van der Waals surface area contributed by atoms with Crippen LogP contribution in [0.2, 0.25) is 0 Å². The zero-order valence-electron chi connectivity index (χ0n) is 15.3. The first-order chi connectivity index (χ1) is 13.7. The van der Waals surface area contributed by atoms with Crippen LogP contribution in [-0.4, -0.2) is 61.0 Å². The van der Waals surface area contributed by atoms with Gasteiger partial charge in [0.25, 0.3) is 11.8 Å². The molecule has 2 N–H and O–H groups in total. The smallest absolute Gasteiger partial charge is 0.285 e. The number of hydrogen-bond acceptors (Lipinski definition) is 7. The Hall–Kier alpha value is -3.02. The van der Waals surface area contributed by atoms with Crippen LogP contribution >= 0.6 is 0 Å². The van der Waals surface area contributed by atoms with Crippen LogP contribution < -0.4 is 15.6 Å². The number of carbonyl (C=O) groups is 3. The van der Waals surface area contributed by atoms with Crippen molar-refractivity contribution in [2.75, 3.05) is 18.1 Å². The van der Waals surface area contributed by atoms with E-state index in [1.165, 1.54) is 24.3 Å². The highest BCUT2D eigenvalue weighted by Gasteiger charge is 2.37. The second kappa shape index (κ2) is 8.55. The lowest BCUT2D eigenvalue weighted by Crippen LogP contribution is -2.49. The second-order valence-corrected chi connectivity index (χ2v) is 8.82. The second-order valence-electron chi connectivity index (χ2n) is 6.59. The van der Waals surface area contributed by atoms with E-state index in [-0.39, 0.29) is 48.1 Å². The number of hydrazine groups is 1. The van der Waals surface area contributed by atoms with Gasteiger partial charge < -0.3 is 4.74 Å². The van der Waals surface area contributed by atoms with Gasteiger partial charge in [-0.2, -0.15) is 5.10 Å². The number of hydrazone groups is 1. The Morgan fingerprint density at radius 3 is 2.59 bits per heavy atom. The van der Waals surface area contributed by atoms with E-state index in [2.05, 4.69) is 16.0 Å². The fourth-order valence-corrected chi connectivity index (χ4v) is 4.59. The van der Waals surface area contributed by atoms with Gasteiger partial charge in [0.1, 0.15) is 17.3 Å². The van der Waals surface area contributed by atoms with Crippen molar-refractivity contribution in [1.82, 2.24) is 15.9 Å². The summed E-state index contributed by atoms with van der Waals surface area (Å²) in [6, 6.07) is 4.48. The molecule has 0 saturated carbocycles. The van der Waals surface area contributed by atoms with Crippen molar-refractivity contribution < 1.29 is 31.9 Å². The van der Waals surface area contributed by atoms with E-state index in [1.807, 2.05) is 0 Å². The van der Waals surface area contributed by atoms with Crippen molar-refractivity contribution in [3.05, 3.63) is 30.1 Å². The Balaban J connectivity index is 1.51. The van der Waals surface area contributed by atoms with Gasteiger partial charge >= 0.3 is 0 Å². The summed E-state index contributed by atoms with van der Waals surface area (Å²) in [6.07, 6.45) is 0.358. The summed E-state index contributed by atoms with van der Waals surface area (Å²) in [5, 5.41) is 5.05. The fourth-order valence-electron chi connectivity index (χ4n) is 2.90. The Morgan fingerprint density at radius 2 is 1.93 bits per heavy atom. The average molecular weight is 426 g/mol. The zero-order chi connectivity index (χ0) is 21.0. The Kier molecular flexibility index (Phi) is 6.11. The third-order valence-electron chi connectivity index (χ3n) is 4.38. The molecule has 0 spiro atoms. The molecular formula is C17H19FN4O6S. The molecular weight excluding hydrogens is 407 g/mol. The number of rotatable bonds is 5. The van der Waals surface area contributed by atoms with Crippen LogP contribution in [0.25, 0.3) is 0 Å². The van der Waals surface area contributed by atoms with E-state index in [4.69, 9.17) is 4.74 Å². The third kappa shape index (κ3) is 5.50. The first-order valence-corrected chi connectivity index (χ1v) is 10.6. The molecule has 156 valence electrons. The van der Waals surface area contributed by atoms with Gasteiger partial charge in [0.15, 0.2) is 16.4 Å². The molecule has 0 radical (unpaired) electrons. The van der Waals surface area contributed by atoms with Gasteiger partial charge in [0.2, 0.25) is 5.91 Å². The monoisotopic (exact) mass is 426 g/mol. The molecule has 0 aliphatic carbocycles. The fraction of sp³-hybridized carbons (Fsp3) is 0.412. The molecule has 0 unspecified atom stereocenters. The maximum Gasteiger partial charge on any atom is 0.285 e. The van der Waals surface area contributed by atoms with Gasteiger partial charge in [-0.1, -0.05) is 0 Å². The minimum absolute atomic E-state index is 0.00801. The van der Waals surface area contributed by atoms with Crippen molar-refractivity contribution in [3.63, 3.8) is 0 Å². The highest BCUT2D eigenvalue weighted by molar-refractivity contribution is 7.91. The topological polar surface area (TPSA) is 134 Å². The summed E-state index contributed by atoms with van der Waals surface area (Å²) >= 11 is 0. The number of carbonyl (C=O) groups excluding carboxylic acids is 3. The summed E-state index contributed by atoms with van der Waals surface area (Å²) in [5.74, 6) is -2.08. The number of benzene rings is 1. The molecule has 2 aliphatic rings. The number of amides is 3. The van der Waals surface area contributed by atoms with E-state index in [0.29, 0.717) is 0 Å². The molecule has 0 aromatic heterocycles. The number of nitrogens with one attached hydrogen (secondary N) is 2. The standard InChI is InChI=1S/C17H19FN4O6S/c18-11-1-3-13(4-2-11)28-9-15(23)19-20-17(25)14-5-6-16(24)22(21-14)12-7-8-29(26,27)10-12/h1-4,12H,5-10H2,(H,19,23)(H,20,25)/t12-/m1/s1. The molecule has 2 aliphatic heterocycles. The summed E-state index contributed by atoms with van der Waals surface area (Å²) in [6.45, 7) is -0.414. The van der Waals surface area contributed by atoms with Crippen LogP contribution in [0.3, 0.4) is 0 Å². The molecule has 12 heteroatoms. The maximum atomic E-state index is 12.8. The first kappa shape index (κ1) is 20.7. The molecule has 1 fully saturated rings. The number of nitrogens with zero attached hydrogens (tertiary/aromatic N) is 2. The SMILES string of the molecule is O=C(COc1ccc(F)cc1)NNC(=O)C1=NN([C@@H]2CCS(=O)(=O)C2)C(=O)CC1. The molecule has 1 aromatic rings. The number of halogens is 1. The first-order valence-electron chi connectivity index (χ1n) is 8.81. The molecule has 10 nitrogen and oxygen atoms in total. The van der Waals surface area contributed by atoms with Crippen molar-refractivity contribution in [2.24, 2.45) is 5.10 Å². The van der Waals surface area contributed by atoms with Gasteiger partial charge in [0, 0.05) is 12.8 Å². The Bertz CT molecular complexity index is 947. The van der Waals surface area contributed by atoms with Crippen LogP contribution in [-0.2, 0) is 24.2 Å². The van der Waals surface area contributed by atoms with Crippen LogP contribution in [0.15, 0.2) is 29.4 Å². The predicted molar refractivity (Wildman–Crippen MR) is 98.8 cm³/mol. The summed E-state index contributed by atoms with van der Waals surface area (Å²) in [4.78, 5) is 36.0. The lowest BCUT2D eigenvalue weighted by atomic mass is 10.1. The van der Waals surface area contributed by atoms with Crippen molar-refractivity contribution >= 4 is 33.3 Å². The molecule has 29 heavy (non-hydrogen) atoms. The minimum atomic E-state index is -3.21. The van der Waals surface area contributed by atoms with E-state index in [0.717, 1.165) is 5.01 Å². The Labute approximate surface area is 166 Å². The third-order valence-corrected chi connectivity index (χ3v) is 6.13. The van der Waals surface area contributed by atoms with Crippen LogP contribution in [0.4, 0.5) is 4.39 Å². The summed E-state index contributed by atoms with van der Waals surface area (Å²) < 4.78 is 41.2. The van der Waals surface area contributed by atoms with Crippen molar-refractivity contribution in [2.45, 2.75) is 25.3 Å². The van der Waals surface area contributed by atoms with Gasteiger partial charge in [-0.05, 0) is 30.7 Å². The molecule has 3 rings (SSSR count). The van der Waals surface area contributed by atoms with Crippen molar-refractivity contribution in [1.29, 1.82) is 0 Å². The van der Waals surface area contributed by atoms with E-state index < -0.39 is 40.1 Å². The van der Waals surface area contributed by atoms with Gasteiger partial charge in [0.05, 0.1) is 17.5 Å². The number of ether oxygens (including phenoxy) is 1. The largest absolute Gasteiger partial charge is 0.484 e. The van der Waals surface area contributed by atoms with Crippen LogP contribution in [0.1, 0.15) is 19.3 Å². The van der Waals surface area contributed by atoms with Crippen LogP contribution in [0, 0.1) is 5.82 Å². The molecule has 2 heterocycles. The molecule has 1 aromatic carbocycles. The van der Waals surface area contributed by atoms with E-state index >= 15 is 0 Å². The van der Waals surface area contributed by atoms with Gasteiger partial charge in [-0.25, -0.2) is 17.8 Å². The Morgan fingerprint density at radius 1 is 1.21 bits per heavy atom. The van der Waals surface area contributed by atoms with Crippen molar-refractivity contribution in [3.8, 4) is 5.75 Å². The highest BCUT2D eigenvalue weighted by Crippen LogP contribution is 2.22. The minimum Gasteiger partial charge on any atom is -0.484 e. The maximum absolute atomic E-state index is 12.8. The lowest BCUT2D eigenvalue weighted by molar-refractivity contribution is -0.134.